The van der Waals surface area contributed by atoms with Crippen LogP contribution in [0.15, 0.2) is 77.7 Å². The lowest BCUT2D eigenvalue weighted by Gasteiger charge is -2.32. The number of nitrogens with zero attached hydrogens (tertiary/aromatic N) is 2. The normalized spacial score (nSPS) is 12.0. The van der Waals surface area contributed by atoms with Gasteiger partial charge in [0.2, 0.25) is 11.8 Å². The Bertz CT molecular complexity index is 1360. The van der Waals surface area contributed by atoms with Gasteiger partial charge in [-0.25, -0.2) is 12.8 Å². The largest absolute Gasteiger partial charge is 0.355 e. The number of nitrogens with one attached hydrogen (secondary N) is 1. The van der Waals surface area contributed by atoms with Crippen LogP contribution in [0, 0.1) is 5.82 Å². The van der Waals surface area contributed by atoms with Crippen molar-refractivity contribution in [1.82, 2.24) is 10.2 Å². The van der Waals surface area contributed by atoms with Crippen molar-refractivity contribution in [3.63, 3.8) is 0 Å². The molecule has 196 valence electrons. The minimum absolute atomic E-state index is 0.0127. The predicted molar refractivity (Wildman–Crippen MR) is 143 cm³/mol. The van der Waals surface area contributed by atoms with Crippen molar-refractivity contribution in [3.05, 3.63) is 94.2 Å². The third-order valence-corrected chi connectivity index (χ3v) is 8.18. The quantitative estimate of drug-likeness (QED) is 0.379. The molecule has 0 saturated heterocycles. The van der Waals surface area contributed by atoms with Gasteiger partial charge in [-0.1, -0.05) is 59.6 Å². The van der Waals surface area contributed by atoms with E-state index in [0.29, 0.717) is 12.1 Å². The Morgan fingerprint density at radius 3 is 2.24 bits per heavy atom. The fourth-order valence-electron chi connectivity index (χ4n) is 3.61. The molecular weight excluding hydrogens is 540 g/mol. The Balaban J connectivity index is 2.06. The summed E-state index contributed by atoms with van der Waals surface area (Å²) in [6.45, 7) is 2.90. The van der Waals surface area contributed by atoms with Crippen molar-refractivity contribution in [3.8, 4) is 0 Å². The molecule has 3 aromatic carbocycles. The van der Waals surface area contributed by atoms with Crippen molar-refractivity contribution in [2.45, 2.75) is 31.3 Å². The SMILES string of the molecule is CCNC(=O)[C@@H](C)N(Cc1ccc(F)cc1)C(=O)CN(c1cccc(Cl)c1Cl)S(=O)(=O)c1ccccc1. The van der Waals surface area contributed by atoms with Crippen molar-refractivity contribution < 1.29 is 22.4 Å². The fourth-order valence-corrected chi connectivity index (χ4v) is 5.50. The Kier molecular flexibility index (Phi) is 9.53. The number of sulfonamides is 1. The number of anilines is 1. The van der Waals surface area contributed by atoms with Gasteiger partial charge in [0.1, 0.15) is 18.4 Å². The second kappa shape index (κ2) is 12.4. The van der Waals surface area contributed by atoms with E-state index < -0.39 is 40.2 Å². The lowest BCUT2D eigenvalue weighted by molar-refractivity contribution is -0.139. The number of halogens is 3. The number of hydrogen-bond donors (Lipinski definition) is 1. The second-order valence-corrected chi connectivity index (χ2v) is 10.8. The molecule has 0 spiro atoms. The van der Waals surface area contributed by atoms with E-state index in [-0.39, 0.29) is 27.2 Å². The third-order valence-electron chi connectivity index (χ3n) is 5.59. The van der Waals surface area contributed by atoms with Gasteiger partial charge < -0.3 is 10.2 Å². The molecule has 0 radical (unpaired) electrons. The molecule has 1 N–H and O–H groups in total. The van der Waals surface area contributed by atoms with Crippen molar-refractivity contribution in [2.75, 3.05) is 17.4 Å². The molecule has 1 atom stereocenters. The average Bonchev–Trinajstić information content (AvgIpc) is 2.88. The van der Waals surface area contributed by atoms with Gasteiger partial charge in [0, 0.05) is 13.1 Å². The van der Waals surface area contributed by atoms with Crippen LogP contribution < -0.4 is 9.62 Å². The van der Waals surface area contributed by atoms with E-state index in [9.17, 15) is 22.4 Å². The summed E-state index contributed by atoms with van der Waals surface area (Å²) in [5, 5.41) is 2.74. The van der Waals surface area contributed by atoms with Crippen LogP contribution in [0.4, 0.5) is 10.1 Å². The minimum Gasteiger partial charge on any atom is -0.355 e. The highest BCUT2D eigenvalue weighted by Crippen LogP contribution is 2.35. The Morgan fingerprint density at radius 1 is 0.973 bits per heavy atom. The summed E-state index contributed by atoms with van der Waals surface area (Å²) in [5.41, 5.74) is 0.572. The summed E-state index contributed by atoms with van der Waals surface area (Å²) >= 11 is 12.5. The van der Waals surface area contributed by atoms with Crippen LogP contribution in [0.2, 0.25) is 10.0 Å². The molecule has 0 aliphatic rings. The van der Waals surface area contributed by atoms with E-state index in [4.69, 9.17) is 23.2 Å². The lowest BCUT2D eigenvalue weighted by Crippen LogP contribution is -2.51. The van der Waals surface area contributed by atoms with E-state index in [0.717, 1.165) is 4.31 Å². The number of carbonyl (C=O) groups excluding carboxylic acids is 2. The smallest absolute Gasteiger partial charge is 0.264 e. The summed E-state index contributed by atoms with van der Waals surface area (Å²) in [5.74, 6) is -1.54. The second-order valence-electron chi connectivity index (χ2n) is 8.12. The maximum absolute atomic E-state index is 13.7. The lowest BCUT2D eigenvalue weighted by atomic mass is 10.1. The monoisotopic (exact) mass is 565 g/mol. The van der Waals surface area contributed by atoms with Gasteiger partial charge in [-0.3, -0.25) is 13.9 Å². The fraction of sp³-hybridized carbons (Fsp3) is 0.231. The first-order valence-corrected chi connectivity index (χ1v) is 13.6. The van der Waals surface area contributed by atoms with Crippen molar-refractivity contribution >= 4 is 50.7 Å². The molecule has 0 aliphatic heterocycles. The number of amides is 2. The Hall–Kier alpha value is -3.14. The first-order chi connectivity index (χ1) is 17.6. The van der Waals surface area contributed by atoms with Crippen molar-refractivity contribution in [2.24, 2.45) is 0 Å². The standard InChI is InChI=1S/C26H26Cl2FN3O4S/c1-3-30-26(34)18(2)31(16-19-12-14-20(29)15-13-19)24(33)17-32(23-11-7-10-22(27)25(23)28)37(35,36)21-8-5-4-6-9-21/h4-15,18H,3,16-17H2,1-2H3,(H,30,34)/t18-/m1/s1. The van der Waals surface area contributed by atoms with Crippen LogP contribution in [0.25, 0.3) is 0 Å². The molecule has 0 fully saturated rings. The molecule has 0 saturated carbocycles. The molecule has 0 bridgehead atoms. The van der Waals surface area contributed by atoms with Gasteiger partial charge in [-0.15, -0.1) is 0 Å². The predicted octanol–water partition coefficient (Wildman–Crippen LogP) is 4.88. The number of carbonyl (C=O) groups is 2. The molecular formula is C26H26Cl2FN3O4S. The highest BCUT2D eigenvalue weighted by atomic mass is 35.5. The van der Waals surface area contributed by atoms with E-state index in [1.165, 1.54) is 66.4 Å². The number of hydrogen-bond acceptors (Lipinski definition) is 4. The minimum atomic E-state index is -4.26. The van der Waals surface area contributed by atoms with E-state index in [1.54, 1.807) is 25.1 Å². The highest BCUT2D eigenvalue weighted by molar-refractivity contribution is 7.92. The molecule has 0 heterocycles. The number of benzene rings is 3. The van der Waals surface area contributed by atoms with E-state index >= 15 is 0 Å². The first-order valence-electron chi connectivity index (χ1n) is 11.4. The van der Waals surface area contributed by atoms with E-state index in [1.807, 2.05) is 0 Å². The summed E-state index contributed by atoms with van der Waals surface area (Å²) in [6, 6.07) is 16.6. The molecule has 37 heavy (non-hydrogen) atoms. The molecule has 2 amide bonds. The van der Waals surface area contributed by atoms with Crippen molar-refractivity contribution in [1.29, 1.82) is 0 Å². The Morgan fingerprint density at radius 2 is 1.62 bits per heavy atom. The third kappa shape index (κ3) is 6.80. The Labute approximate surface area is 225 Å². The average molecular weight is 566 g/mol. The molecule has 3 rings (SSSR count). The van der Waals surface area contributed by atoms with Crippen LogP contribution in [-0.4, -0.2) is 44.3 Å². The van der Waals surface area contributed by atoms with Crippen LogP contribution in [0.1, 0.15) is 19.4 Å². The van der Waals surface area contributed by atoms with Gasteiger partial charge in [-0.2, -0.15) is 0 Å². The molecule has 11 heteroatoms. The first kappa shape index (κ1) is 28.4. The van der Waals surface area contributed by atoms with Gasteiger partial charge in [-0.05, 0) is 55.8 Å². The topological polar surface area (TPSA) is 86.8 Å². The maximum Gasteiger partial charge on any atom is 0.264 e. The molecule has 0 aliphatic carbocycles. The summed E-state index contributed by atoms with van der Waals surface area (Å²) < 4.78 is 41.7. The zero-order valence-corrected chi connectivity index (χ0v) is 22.5. The maximum atomic E-state index is 13.7. The summed E-state index contributed by atoms with van der Waals surface area (Å²) in [7, 11) is -4.26. The van der Waals surface area contributed by atoms with E-state index in [2.05, 4.69) is 5.32 Å². The zero-order valence-electron chi connectivity index (χ0n) is 20.2. The van der Waals surface area contributed by atoms with Crippen LogP contribution in [-0.2, 0) is 26.2 Å². The van der Waals surface area contributed by atoms with Gasteiger partial charge >= 0.3 is 0 Å². The zero-order chi connectivity index (χ0) is 27.2. The molecule has 7 nitrogen and oxygen atoms in total. The summed E-state index contributed by atoms with van der Waals surface area (Å²) in [4.78, 5) is 27.6. The van der Waals surface area contributed by atoms with Gasteiger partial charge in [0.15, 0.2) is 0 Å². The molecule has 0 unspecified atom stereocenters. The van der Waals surface area contributed by atoms with Crippen LogP contribution in [0.3, 0.4) is 0 Å². The van der Waals surface area contributed by atoms with Gasteiger partial charge in [0.05, 0.1) is 20.6 Å². The molecule has 3 aromatic rings. The summed E-state index contributed by atoms with van der Waals surface area (Å²) in [6.07, 6.45) is 0. The van der Waals surface area contributed by atoms with Crippen LogP contribution >= 0.6 is 23.2 Å². The number of rotatable bonds is 10. The number of likely N-dealkylation sites (N-methyl/N-ethyl adjacent to an activating group) is 1. The molecule has 0 aromatic heterocycles. The van der Waals surface area contributed by atoms with Crippen LogP contribution in [0.5, 0.6) is 0 Å². The van der Waals surface area contributed by atoms with Gasteiger partial charge in [0.25, 0.3) is 10.0 Å². The highest BCUT2D eigenvalue weighted by Gasteiger charge is 2.33.